The van der Waals surface area contributed by atoms with Gasteiger partial charge >= 0.3 is 0 Å². The average Bonchev–Trinajstić information content (AvgIpc) is 3.53. The lowest BCUT2D eigenvalue weighted by molar-refractivity contribution is 0.102. The van der Waals surface area contributed by atoms with Crippen LogP contribution in [0.25, 0.3) is 22.3 Å². The molecule has 0 spiro atoms. The number of hydrogen-bond acceptors (Lipinski definition) is 5. The number of amides is 1. The monoisotopic (exact) mass is 444 g/mol. The summed E-state index contributed by atoms with van der Waals surface area (Å²) in [5, 5.41) is 13.1. The molecule has 3 aromatic heterocycles. The molecule has 1 saturated carbocycles. The number of methoxy groups -OCH3 is 1. The number of nitrogens with one attached hydrogen (secondary N) is 1. The van der Waals surface area contributed by atoms with E-state index in [1.165, 1.54) is 12.8 Å². The van der Waals surface area contributed by atoms with Crippen LogP contribution in [0.15, 0.2) is 36.4 Å². The zero-order valence-corrected chi connectivity index (χ0v) is 19.4. The lowest BCUT2D eigenvalue weighted by atomic mass is 10.0. The van der Waals surface area contributed by atoms with Crippen molar-refractivity contribution >= 4 is 22.8 Å². The van der Waals surface area contributed by atoms with Gasteiger partial charge in [-0.3, -0.25) is 9.48 Å². The van der Waals surface area contributed by atoms with Crippen LogP contribution >= 0.6 is 0 Å². The van der Waals surface area contributed by atoms with Gasteiger partial charge in [0.2, 0.25) is 0 Å². The lowest BCUT2D eigenvalue weighted by Crippen LogP contribution is -2.18. The van der Waals surface area contributed by atoms with Gasteiger partial charge in [-0.15, -0.1) is 0 Å². The molecule has 5 rings (SSSR count). The number of ether oxygens (including phenoxy) is 1. The molecule has 0 saturated heterocycles. The van der Waals surface area contributed by atoms with Gasteiger partial charge in [0.1, 0.15) is 11.6 Å². The van der Waals surface area contributed by atoms with Gasteiger partial charge in [0.05, 0.1) is 41.2 Å². The molecule has 0 aliphatic heterocycles. The molecule has 170 valence electrons. The Morgan fingerprint density at radius 3 is 2.52 bits per heavy atom. The SMILES string of the molecule is COc1ccc(-c2cc(C(=O)Nc3cc(C)nn3C3CCCC3)c3c(C)nn(C)c3n2)cc1. The van der Waals surface area contributed by atoms with Gasteiger partial charge in [-0.25, -0.2) is 9.67 Å². The predicted molar refractivity (Wildman–Crippen MR) is 128 cm³/mol. The van der Waals surface area contributed by atoms with Crippen molar-refractivity contribution in [1.82, 2.24) is 24.5 Å². The highest BCUT2D eigenvalue weighted by Crippen LogP contribution is 2.33. The third-order valence-electron chi connectivity index (χ3n) is 6.37. The maximum absolute atomic E-state index is 13.6. The third kappa shape index (κ3) is 3.86. The maximum atomic E-state index is 13.6. The molecule has 0 atom stereocenters. The number of benzene rings is 1. The highest BCUT2D eigenvalue weighted by Gasteiger charge is 2.24. The highest BCUT2D eigenvalue weighted by molar-refractivity contribution is 6.13. The Morgan fingerprint density at radius 2 is 1.82 bits per heavy atom. The zero-order valence-electron chi connectivity index (χ0n) is 19.4. The molecule has 1 aromatic carbocycles. The first-order valence-electron chi connectivity index (χ1n) is 11.3. The molecule has 0 unspecified atom stereocenters. The number of hydrogen-bond donors (Lipinski definition) is 1. The van der Waals surface area contributed by atoms with E-state index in [1.807, 2.05) is 62.0 Å². The lowest BCUT2D eigenvalue weighted by Gasteiger charge is -2.15. The van der Waals surface area contributed by atoms with E-state index in [4.69, 9.17) is 9.72 Å². The fraction of sp³-hybridized carbons (Fsp3) is 0.360. The summed E-state index contributed by atoms with van der Waals surface area (Å²) in [5.41, 5.74) is 4.50. The van der Waals surface area contributed by atoms with Crippen molar-refractivity contribution in [3.05, 3.63) is 53.3 Å². The molecule has 1 fully saturated rings. The summed E-state index contributed by atoms with van der Waals surface area (Å²) in [6.45, 7) is 3.86. The van der Waals surface area contributed by atoms with Crippen molar-refractivity contribution in [1.29, 1.82) is 0 Å². The van der Waals surface area contributed by atoms with Gasteiger partial charge in [-0.1, -0.05) is 12.8 Å². The van der Waals surface area contributed by atoms with Gasteiger partial charge in [0, 0.05) is 18.7 Å². The van der Waals surface area contributed by atoms with Crippen molar-refractivity contribution < 1.29 is 9.53 Å². The second-order valence-electron chi connectivity index (χ2n) is 8.70. The highest BCUT2D eigenvalue weighted by atomic mass is 16.5. The maximum Gasteiger partial charge on any atom is 0.257 e. The molecule has 4 aromatic rings. The molecule has 8 nitrogen and oxygen atoms in total. The summed E-state index contributed by atoms with van der Waals surface area (Å²) < 4.78 is 8.98. The number of carbonyl (C=O) groups excluding carboxylic acids is 1. The van der Waals surface area contributed by atoms with E-state index in [0.717, 1.165) is 46.7 Å². The number of aryl methyl sites for hydroxylation is 3. The number of rotatable bonds is 5. The quantitative estimate of drug-likeness (QED) is 0.477. The Balaban J connectivity index is 1.57. The van der Waals surface area contributed by atoms with E-state index >= 15 is 0 Å². The Labute approximate surface area is 192 Å². The minimum atomic E-state index is -0.188. The normalized spacial score (nSPS) is 14.2. The number of carbonyl (C=O) groups is 1. The molecular formula is C25H28N6O2. The summed E-state index contributed by atoms with van der Waals surface area (Å²) in [4.78, 5) is 18.4. The Hall–Kier alpha value is -3.68. The number of nitrogens with zero attached hydrogens (tertiary/aromatic N) is 5. The van der Waals surface area contributed by atoms with Crippen LogP contribution in [0, 0.1) is 13.8 Å². The van der Waals surface area contributed by atoms with Crippen LogP contribution in [0.2, 0.25) is 0 Å². The van der Waals surface area contributed by atoms with Crippen molar-refractivity contribution in [2.24, 2.45) is 7.05 Å². The molecule has 0 radical (unpaired) electrons. The smallest absolute Gasteiger partial charge is 0.257 e. The van der Waals surface area contributed by atoms with Crippen LogP contribution in [0.5, 0.6) is 5.75 Å². The summed E-state index contributed by atoms with van der Waals surface area (Å²) >= 11 is 0. The van der Waals surface area contributed by atoms with E-state index in [0.29, 0.717) is 22.9 Å². The van der Waals surface area contributed by atoms with Crippen molar-refractivity contribution in [3.63, 3.8) is 0 Å². The van der Waals surface area contributed by atoms with Gasteiger partial charge in [0.25, 0.3) is 5.91 Å². The van der Waals surface area contributed by atoms with E-state index in [1.54, 1.807) is 11.8 Å². The van der Waals surface area contributed by atoms with Crippen LogP contribution in [-0.4, -0.2) is 37.6 Å². The Morgan fingerprint density at radius 1 is 1.09 bits per heavy atom. The standard InChI is InChI=1S/C25H28N6O2/c1-15-13-22(31(28-15)18-7-5-6-8-18)27-25(32)20-14-21(17-9-11-19(33-4)12-10-17)26-24-23(20)16(2)29-30(24)3/h9-14,18H,5-8H2,1-4H3,(H,27,32). The van der Waals surface area contributed by atoms with E-state index in [-0.39, 0.29) is 5.91 Å². The molecule has 8 heteroatoms. The molecule has 33 heavy (non-hydrogen) atoms. The average molecular weight is 445 g/mol. The first kappa shape index (κ1) is 21.2. The molecule has 3 heterocycles. The van der Waals surface area contributed by atoms with Crippen LogP contribution < -0.4 is 10.1 Å². The molecule has 0 bridgehead atoms. The van der Waals surface area contributed by atoms with E-state index in [9.17, 15) is 4.79 Å². The van der Waals surface area contributed by atoms with E-state index in [2.05, 4.69) is 15.5 Å². The molecule has 1 N–H and O–H groups in total. The first-order valence-corrected chi connectivity index (χ1v) is 11.3. The van der Waals surface area contributed by atoms with Crippen molar-refractivity contribution in [2.45, 2.75) is 45.6 Å². The van der Waals surface area contributed by atoms with Crippen LogP contribution in [-0.2, 0) is 7.05 Å². The van der Waals surface area contributed by atoms with Crippen LogP contribution in [0.4, 0.5) is 5.82 Å². The summed E-state index contributed by atoms with van der Waals surface area (Å²) in [6.07, 6.45) is 4.57. The summed E-state index contributed by atoms with van der Waals surface area (Å²) in [7, 11) is 3.48. The number of pyridine rings is 1. The summed E-state index contributed by atoms with van der Waals surface area (Å²) in [6, 6.07) is 11.8. The Kier molecular flexibility index (Phi) is 5.36. The molecule has 1 aliphatic carbocycles. The number of fused-ring (bicyclic) bond motifs is 1. The number of aromatic nitrogens is 5. The Bertz CT molecular complexity index is 1330. The largest absolute Gasteiger partial charge is 0.497 e. The molecular weight excluding hydrogens is 416 g/mol. The minimum Gasteiger partial charge on any atom is -0.497 e. The first-order chi connectivity index (χ1) is 15.9. The second kappa shape index (κ2) is 8.35. The summed E-state index contributed by atoms with van der Waals surface area (Å²) in [5.74, 6) is 1.32. The minimum absolute atomic E-state index is 0.188. The second-order valence-corrected chi connectivity index (χ2v) is 8.70. The third-order valence-corrected chi connectivity index (χ3v) is 6.37. The molecule has 1 amide bonds. The van der Waals surface area contributed by atoms with Gasteiger partial charge in [-0.05, 0) is 57.0 Å². The van der Waals surface area contributed by atoms with Gasteiger partial charge < -0.3 is 10.1 Å². The fourth-order valence-electron chi connectivity index (χ4n) is 4.75. The zero-order chi connectivity index (χ0) is 23.1. The predicted octanol–water partition coefficient (Wildman–Crippen LogP) is 4.82. The van der Waals surface area contributed by atoms with E-state index < -0.39 is 0 Å². The van der Waals surface area contributed by atoms with Gasteiger partial charge in [0.15, 0.2) is 5.65 Å². The van der Waals surface area contributed by atoms with Crippen molar-refractivity contribution in [3.8, 4) is 17.0 Å². The van der Waals surface area contributed by atoms with Crippen LogP contribution in [0.1, 0.15) is 53.5 Å². The van der Waals surface area contributed by atoms with Crippen molar-refractivity contribution in [2.75, 3.05) is 12.4 Å². The molecule has 1 aliphatic rings. The topological polar surface area (TPSA) is 86.9 Å². The number of anilines is 1. The fourth-order valence-corrected chi connectivity index (χ4v) is 4.75. The van der Waals surface area contributed by atoms with Gasteiger partial charge in [-0.2, -0.15) is 10.2 Å². The van der Waals surface area contributed by atoms with Crippen LogP contribution in [0.3, 0.4) is 0 Å².